The number of nitrogens with two attached hydrogens (primary N) is 4. The van der Waals surface area contributed by atoms with Crippen molar-refractivity contribution in [3.05, 3.63) is 90.0 Å². The van der Waals surface area contributed by atoms with Gasteiger partial charge in [0, 0.05) is 44.7 Å². The summed E-state index contributed by atoms with van der Waals surface area (Å²) in [4.78, 5) is 174. The van der Waals surface area contributed by atoms with Gasteiger partial charge < -0.3 is 85.6 Å². The van der Waals surface area contributed by atoms with E-state index in [-0.39, 0.29) is 69.8 Å². The molecule has 488 valence electrons. The standard InChI is InChI=1S/C57H84N16O14S2/c1-32(2)23-40(52(83)67-37(48(59)79)18-21-88-4)66-45(74)30-64-55(86)44(25-34-15-10-7-11-16-34)73(3)56(87)43(24-33-13-8-6-9-14-33)72-50(81)38(17-12-20-63-57(60)61)69-54(85)42(28-47(77)78)71-53(84)41(26-35-29-62-31-65-35)70-51(82)39(19-22-89-5)68-49(80)36(58)27-46(75)76/h6-11,13-16,29,31-32,36-44H,12,17-28,30,58H2,1-5H3,(H2,59,79)(H,62,65)(H,64,86)(H,66,74)(H,67,83)(H,68,80)(H,69,85)(H,70,82)(H,71,84)(H,72,81)(H,75,76)(H,77,78)(H4,60,61,63)/t36-,37-,38-,39-,40-,41-,42-,43-,44-/m0/s1. The number of aliphatic imine (C=N–C) groups is 1. The molecule has 19 N–H and O–H groups in total. The number of carboxylic acids is 2. The fourth-order valence-electron chi connectivity index (χ4n) is 8.85. The van der Waals surface area contributed by atoms with Crippen molar-refractivity contribution in [3.63, 3.8) is 0 Å². The number of H-pyrrole nitrogens is 1. The zero-order valence-corrected chi connectivity index (χ0v) is 52.0. The third-order valence-electron chi connectivity index (χ3n) is 13.5. The lowest BCUT2D eigenvalue weighted by Crippen LogP contribution is -2.61. The van der Waals surface area contributed by atoms with E-state index in [1.807, 2.05) is 20.1 Å². The first-order valence-corrected chi connectivity index (χ1v) is 31.2. The van der Waals surface area contributed by atoms with Gasteiger partial charge in [-0.25, -0.2) is 4.98 Å². The quantitative estimate of drug-likeness (QED) is 0.0154. The molecule has 0 aliphatic heterocycles. The number of aliphatic carboxylic acids is 2. The molecule has 0 bridgehead atoms. The molecule has 9 atom stereocenters. The van der Waals surface area contributed by atoms with E-state index in [9.17, 15) is 63.0 Å². The van der Waals surface area contributed by atoms with Crippen molar-refractivity contribution in [2.24, 2.45) is 33.8 Å². The number of carbonyl (C=O) groups is 12. The molecule has 0 saturated carbocycles. The number of nitrogens with one attached hydrogen (secondary N) is 9. The van der Waals surface area contributed by atoms with Crippen molar-refractivity contribution >= 4 is 100 Å². The summed E-state index contributed by atoms with van der Waals surface area (Å²) in [6.45, 7) is 2.93. The Morgan fingerprint density at radius 2 is 1.09 bits per heavy atom. The van der Waals surface area contributed by atoms with Gasteiger partial charge in [0.05, 0.1) is 31.8 Å². The second-order valence-corrected chi connectivity index (χ2v) is 23.1. The minimum absolute atomic E-state index is 0.00350. The number of rotatable bonds is 41. The van der Waals surface area contributed by atoms with E-state index in [1.54, 1.807) is 66.9 Å². The highest BCUT2D eigenvalue weighted by Gasteiger charge is 2.37. The Balaban J connectivity index is 2.00. The molecule has 32 heteroatoms. The first kappa shape index (κ1) is 74.5. The van der Waals surface area contributed by atoms with Crippen LogP contribution in [0, 0.1) is 5.92 Å². The third-order valence-corrected chi connectivity index (χ3v) is 14.8. The van der Waals surface area contributed by atoms with Gasteiger partial charge in [0.15, 0.2) is 5.96 Å². The predicted octanol–water partition coefficient (Wildman–Crippen LogP) is -2.86. The van der Waals surface area contributed by atoms with Crippen LogP contribution in [0.15, 0.2) is 78.2 Å². The normalized spacial score (nSPS) is 14.0. The Labute approximate surface area is 523 Å². The summed E-state index contributed by atoms with van der Waals surface area (Å²) < 4.78 is 0. The van der Waals surface area contributed by atoms with Crippen molar-refractivity contribution < 1.29 is 67.7 Å². The topological polar surface area (TPSA) is 490 Å². The summed E-state index contributed by atoms with van der Waals surface area (Å²) in [6.07, 6.45) is 3.94. The van der Waals surface area contributed by atoms with Crippen LogP contribution < -0.4 is 65.5 Å². The SMILES string of the molecule is CSCC[C@H](NC(=O)[C@H](CC(C)C)NC(=O)CNC(=O)[C@H](Cc1ccccc1)N(C)C(=O)[C@H](Cc1ccccc1)NC(=O)[C@H](CCCN=C(N)N)NC(=O)[C@H](CC(=O)O)NC(=O)[C@H](Cc1cnc[nH]1)NC(=O)[C@H](CCSC)NC(=O)[C@@H](N)CC(=O)O)C(N)=O. The Morgan fingerprint density at radius 3 is 1.63 bits per heavy atom. The minimum atomic E-state index is -1.94. The van der Waals surface area contributed by atoms with Crippen LogP contribution in [0.3, 0.4) is 0 Å². The van der Waals surface area contributed by atoms with Crippen molar-refractivity contribution in [3.8, 4) is 0 Å². The molecule has 0 spiro atoms. The van der Waals surface area contributed by atoms with Gasteiger partial charge >= 0.3 is 11.9 Å². The highest BCUT2D eigenvalue weighted by Crippen LogP contribution is 2.15. The van der Waals surface area contributed by atoms with Gasteiger partial charge in [0.2, 0.25) is 59.1 Å². The Hall–Kier alpha value is -8.78. The number of hydrogen-bond donors (Lipinski definition) is 15. The Bertz CT molecular complexity index is 2870. The van der Waals surface area contributed by atoms with E-state index in [0.717, 1.165) is 4.90 Å². The second-order valence-electron chi connectivity index (χ2n) is 21.2. The van der Waals surface area contributed by atoms with Crippen LogP contribution in [0.1, 0.15) is 75.6 Å². The number of primary amides is 1. The summed E-state index contributed by atoms with van der Waals surface area (Å²) in [7, 11) is 1.32. The van der Waals surface area contributed by atoms with Gasteiger partial charge in [-0.2, -0.15) is 23.5 Å². The number of hydrogen-bond acceptors (Lipinski definition) is 17. The summed E-state index contributed by atoms with van der Waals surface area (Å²) in [5, 5.41) is 39.5. The number of thioether (sulfide) groups is 2. The lowest BCUT2D eigenvalue weighted by molar-refractivity contribution is -0.143. The molecule has 0 aliphatic carbocycles. The predicted molar refractivity (Wildman–Crippen MR) is 333 cm³/mol. The van der Waals surface area contributed by atoms with E-state index in [1.165, 1.54) is 43.1 Å². The minimum Gasteiger partial charge on any atom is -0.481 e. The van der Waals surface area contributed by atoms with Crippen molar-refractivity contribution in [1.82, 2.24) is 57.4 Å². The molecule has 1 aromatic heterocycles. The van der Waals surface area contributed by atoms with E-state index >= 15 is 4.79 Å². The number of guanidine groups is 1. The number of likely N-dealkylation sites (N-methyl/N-ethyl adjacent to an activating group) is 1. The van der Waals surface area contributed by atoms with Gasteiger partial charge in [0.1, 0.15) is 48.3 Å². The molecule has 0 fully saturated rings. The fraction of sp³-hybridized carbons (Fsp3) is 0.509. The number of aromatic nitrogens is 2. The summed E-state index contributed by atoms with van der Waals surface area (Å²) in [5.41, 5.74) is 23.9. The summed E-state index contributed by atoms with van der Waals surface area (Å²) >= 11 is 2.76. The van der Waals surface area contributed by atoms with E-state index in [0.29, 0.717) is 28.3 Å². The highest BCUT2D eigenvalue weighted by atomic mass is 32.2. The van der Waals surface area contributed by atoms with Crippen LogP contribution in [0.5, 0.6) is 0 Å². The van der Waals surface area contributed by atoms with Crippen LogP contribution in [-0.4, -0.2) is 201 Å². The summed E-state index contributed by atoms with van der Waals surface area (Å²) in [5.74, 6) is -11.5. The molecule has 30 nitrogen and oxygen atoms in total. The first-order valence-electron chi connectivity index (χ1n) is 28.5. The number of benzene rings is 2. The average molecular weight is 1280 g/mol. The molecule has 10 amide bonds. The molecule has 1 heterocycles. The number of carbonyl (C=O) groups excluding carboxylic acids is 10. The van der Waals surface area contributed by atoms with E-state index in [2.05, 4.69) is 57.5 Å². The number of imidazole rings is 1. The molecule has 0 aliphatic rings. The smallest absolute Gasteiger partial charge is 0.305 e. The molecule has 3 rings (SSSR count). The number of nitrogens with zero attached hydrogens (tertiary/aromatic N) is 3. The van der Waals surface area contributed by atoms with Gasteiger partial charge in [-0.05, 0) is 73.2 Å². The van der Waals surface area contributed by atoms with Gasteiger partial charge in [0.25, 0.3) is 0 Å². The summed E-state index contributed by atoms with van der Waals surface area (Å²) in [6, 6.07) is 4.09. The maximum Gasteiger partial charge on any atom is 0.305 e. The van der Waals surface area contributed by atoms with Crippen LogP contribution in [0.4, 0.5) is 0 Å². The lowest BCUT2D eigenvalue weighted by atomic mass is 10.00. The number of aromatic amines is 1. The largest absolute Gasteiger partial charge is 0.481 e. The van der Waals surface area contributed by atoms with Gasteiger partial charge in [-0.1, -0.05) is 74.5 Å². The number of carboxylic acid groups (broad SMARTS) is 2. The zero-order valence-electron chi connectivity index (χ0n) is 50.4. The van der Waals surface area contributed by atoms with Crippen LogP contribution >= 0.6 is 23.5 Å². The first-order chi connectivity index (χ1) is 42.2. The van der Waals surface area contributed by atoms with Crippen LogP contribution in [0.25, 0.3) is 0 Å². The molecule has 2 aromatic carbocycles. The molecule has 89 heavy (non-hydrogen) atoms. The number of amides is 10. The average Bonchev–Trinajstić information content (AvgIpc) is 4.17. The molecule has 3 aromatic rings. The lowest BCUT2D eigenvalue weighted by Gasteiger charge is -2.32. The molecular formula is C57H84N16O14S2. The maximum atomic E-state index is 15.0. The van der Waals surface area contributed by atoms with E-state index in [4.69, 9.17) is 22.9 Å². The monoisotopic (exact) mass is 1280 g/mol. The zero-order chi connectivity index (χ0) is 66.2. The van der Waals surface area contributed by atoms with Crippen molar-refractivity contribution in [1.29, 1.82) is 0 Å². The maximum absolute atomic E-state index is 15.0. The van der Waals surface area contributed by atoms with Crippen LogP contribution in [0.2, 0.25) is 0 Å². The molecule has 0 unspecified atom stereocenters. The fourth-order valence-corrected chi connectivity index (χ4v) is 9.80. The van der Waals surface area contributed by atoms with Gasteiger partial charge in [-0.3, -0.25) is 62.5 Å². The van der Waals surface area contributed by atoms with E-state index < -0.39 is 145 Å². The third kappa shape index (κ3) is 27.9. The molecule has 0 saturated heterocycles. The van der Waals surface area contributed by atoms with Crippen molar-refractivity contribution in [2.75, 3.05) is 44.2 Å². The Morgan fingerprint density at radius 1 is 0.596 bits per heavy atom. The molecule has 0 radical (unpaired) electrons. The van der Waals surface area contributed by atoms with Crippen LogP contribution in [-0.2, 0) is 76.8 Å². The Kier molecular flexibility index (Phi) is 32.8. The van der Waals surface area contributed by atoms with Crippen molar-refractivity contribution in [2.45, 2.75) is 132 Å². The highest BCUT2D eigenvalue weighted by molar-refractivity contribution is 7.98. The molecular weight excluding hydrogens is 1200 g/mol. The second kappa shape index (κ2) is 39.2. The van der Waals surface area contributed by atoms with Gasteiger partial charge in [-0.15, -0.1) is 0 Å².